The predicted octanol–water partition coefficient (Wildman–Crippen LogP) is 4.64. The zero-order valence-electron chi connectivity index (χ0n) is 16.9. The normalized spacial score (nSPS) is 15.9. The molecule has 0 N–H and O–H groups in total. The summed E-state index contributed by atoms with van der Waals surface area (Å²) in [4.78, 5) is 19.0. The summed E-state index contributed by atoms with van der Waals surface area (Å²) >= 11 is 7.98. The van der Waals surface area contributed by atoms with Gasteiger partial charge in [0.15, 0.2) is 17.2 Å². The third-order valence-corrected chi connectivity index (χ3v) is 6.10. The van der Waals surface area contributed by atoms with E-state index in [0.717, 1.165) is 0 Å². The Morgan fingerprint density at radius 1 is 1.28 bits per heavy atom. The van der Waals surface area contributed by atoms with Gasteiger partial charge < -0.3 is 14.2 Å². The van der Waals surface area contributed by atoms with Crippen molar-refractivity contribution in [2.24, 2.45) is 0 Å². The second kappa shape index (κ2) is 8.33. The van der Waals surface area contributed by atoms with Crippen LogP contribution in [-0.2, 0) is 4.79 Å². The second-order valence-electron chi connectivity index (χ2n) is 6.95. The van der Waals surface area contributed by atoms with Crippen molar-refractivity contribution >= 4 is 35.0 Å². The van der Waals surface area contributed by atoms with Crippen LogP contribution >= 0.6 is 23.4 Å². The number of fused-ring (bicyclic) bond motifs is 4. The van der Waals surface area contributed by atoms with Crippen LogP contribution in [0.25, 0.3) is 11.3 Å². The minimum absolute atomic E-state index is 0.101. The van der Waals surface area contributed by atoms with Crippen molar-refractivity contribution in [3.63, 3.8) is 0 Å². The molecule has 32 heavy (non-hydrogen) atoms. The van der Waals surface area contributed by atoms with Crippen LogP contribution in [0.15, 0.2) is 54.2 Å². The van der Waals surface area contributed by atoms with Gasteiger partial charge >= 0.3 is 0 Å². The van der Waals surface area contributed by atoms with E-state index < -0.39 is 6.23 Å². The molecule has 0 radical (unpaired) electrons. The molecule has 1 unspecified atom stereocenters. The average molecular weight is 469 g/mol. The first kappa shape index (κ1) is 20.6. The maximum Gasteiger partial charge on any atom is 0.247 e. The van der Waals surface area contributed by atoms with Gasteiger partial charge in [0.2, 0.25) is 30.0 Å². The lowest BCUT2D eigenvalue weighted by Crippen LogP contribution is -2.36. The summed E-state index contributed by atoms with van der Waals surface area (Å²) in [5.41, 5.74) is 2.26. The number of thioether (sulfide) groups is 1. The zero-order valence-corrected chi connectivity index (χ0v) is 18.5. The average Bonchev–Trinajstić information content (AvgIpc) is 3.18. The molecule has 3 aromatic rings. The number of nitrogens with zero attached hydrogens (tertiary/aromatic N) is 4. The monoisotopic (exact) mass is 468 g/mol. The number of ether oxygens (including phenoxy) is 3. The summed E-state index contributed by atoms with van der Waals surface area (Å²) in [6, 6.07) is 10.8. The highest BCUT2D eigenvalue weighted by Crippen LogP contribution is 2.46. The third-order valence-electron chi connectivity index (χ3n) is 4.94. The Labute approximate surface area is 193 Å². The van der Waals surface area contributed by atoms with Gasteiger partial charge in [0.25, 0.3) is 0 Å². The molecule has 0 aliphatic carbocycles. The molecule has 8 nitrogen and oxygen atoms in total. The van der Waals surface area contributed by atoms with Crippen molar-refractivity contribution in [1.29, 1.82) is 0 Å². The quantitative estimate of drug-likeness (QED) is 0.404. The zero-order chi connectivity index (χ0) is 22.2. The predicted molar refractivity (Wildman–Crippen MR) is 120 cm³/mol. The van der Waals surface area contributed by atoms with Gasteiger partial charge in [-0.25, -0.2) is 0 Å². The first-order valence-corrected chi connectivity index (χ1v) is 11.1. The van der Waals surface area contributed by atoms with E-state index in [1.54, 1.807) is 18.2 Å². The van der Waals surface area contributed by atoms with E-state index >= 15 is 0 Å². The van der Waals surface area contributed by atoms with Gasteiger partial charge in [0.1, 0.15) is 0 Å². The number of rotatable bonds is 4. The van der Waals surface area contributed by atoms with Crippen LogP contribution in [-0.4, -0.2) is 33.6 Å². The highest BCUT2D eigenvalue weighted by atomic mass is 35.5. The van der Waals surface area contributed by atoms with Crippen LogP contribution in [0.1, 0.15) is 18.7 Å². The third kappa shape index (κ3) is 3.53. The first-order chi connectivity index (χ1) is 15.6. The number of hydrogen-bond donors (Lipinski definition) is 0. The standard InChI is InChI=1S/C22H17ClN4O4S/c1-3-8-32-22-24-20-19(25-26-22)13-6-4-5-7-16(13)27(12(2)28)21(31-20)14-9-17-18(10-15(14)23)30-11-29-17/h3-7,9-10,21H,1,8,11H2,2H3. The highest BCUT2D eigenvalue weighted by molar-refractivity contribution is 7.99. The van der Waals surface area contributed by atoms with Crippen molar-refractivity contribution in [2.45, 2.75) is 18.3 Å². The molecule has 2 aliphatic rings. The van der Waals surface area contributed by atoms with Crippen molar-refractivity contribution in [2.75, 3.05) is 17.4 Å². The lowest BCUT2D eigenvalue weighted by Gasteiger charge is -2.30. The van der Waals surface area contributed by atoms with Crippen LogP contribution in [0.4, 0.5) is 5.69 Å². The van der Waals surface area contributed by atoms with Crippen LogP contribution in [0.3, 0.4) is 0 Å². The minimum atomic E-state index is -0.911. The number of benzene rings is 2. The fourth-order valence-corrected chi connectivity index (χ4v) is 4.33. The number of para-hydroxylation sites is 1. The molecule has 5 rings (SSSR count). The Hall–Kier alpha value is -3.30. The SMILES string of the molecule is C=CCSc1nnc2c(n1)OC(c1cc3c(cc1Cl)OCO3)N(C(C)=O)c1ccccc1-2. The highest BCUT2D eigenvalue weighted by Gasteiger charge is 2.36. The molecule has 2 aromatic carbocycles. The number of hydrogen-bond acceptors (Lipinski definition) is 8. The summed E-state index contributed by atoms with van der Waals surface area (Å²) in [5.74, 6) is 1.69. The topological polar surface area (TPSA) is 86.7 Å². The molecule has 10 heteroatoms. The lowest BCUT2D eigenvalue weighted by molar-refractivity contribution is -0.118. The summed E-state index contributed by atoms with van der Waals surface area (Å²) in [7, 11) is 0. The molecule has 162 valence electrons. The number of aromatic nitrogens is 3. The van der Waals surface area contributed by atoms with E-state index in [1.165, 1.54) is 23.6 Å². The molecule has 1 atom stereocenters. The smallest absolute Gasteiger partial charge is 0.247 e. The second-order valence-corrected chi connectivity index (χ2v) is 8.35. The fourth-order valence-electron chi connectivity index (χ4n) is 3.57. The van der Waals surface area contributed by atoms with Gasteiger partial charge in [-0.3, -0.25) is 9.69 Å². The lowest BCUT2D eigenvalue weighted by atomic mass is 10.1. The number of carbonyl (C=O) groups is 1. The van der Waals surface area contributed by atoms with Gasteiger partial charge in [0.05, 0.1) is 10.7 Å². The van der Waals surface area contributed by atoms with E-state index in [4.69, 9.17) is 25.8 Å². The minimum Gasteiger partial charge on any atom is -0.454 e. The molecule has 0 spiro atoms. The molecule has 0 saturated carbocycles. The van der Waals surface area contributed by atoms with E-state index in [1.807, 2.05) is 24.3 Å². The van der Waals surface area contributed by atoms with E-state index in [-0.39, 0.29) is 18.6 Å². The summed E-state index contributed by atoms with van der Waals surface area (Å²) in [6.07, 6.45) is 0.841. The molecule has 3 heterocycles. The number of halogens is 1. The Morgan fingerprint density at radius 3 is 2.84 bits per heavy atom. The van der Waals surface area contributed by atoms with Crippen molar-refractivity contribution in [3.8, 4) is 28.6 Å². The molecular weight excluding hydrogens is 452 g/mol. The summed E-state index contributed by atoms with van der Waals surface area (Å²) < 4.78 is 17.3. The number of amides is 1. The maximum atomic E-state index is 12.9. The van der Waals surface area contributed by atoms with E-state index in [2.05, 4.69) is 21.8 Å². The Kier molecular flexibility index (Phi) is 5.36. The molecular formula is C22H17ClN4O4S. The summed E-state index contributed by atoms with van der Waals surface area (Å²) in [5, 5.41) is 9.39. The van der Waals surface area contributed by atoms with Crippen LogP contribution in [0.5, 0.6) is 17.4 Å². The molecule has 0 bridgehead atoms. The van der Waals surface area contributed by atoms with Crippen molar-refractivity contribution in [1.82, 2.24) is 15.2 Å². The summed E-state index contributed by atoms with van der Waals surface area (Å²) in [6.45, 7) is 5.29. The number of carbonyl (C=O) groups excluding carboxylic acids is 1. The van der Waals surface area contributed by atoms with Gasteiger partial charge in [0, 0.05) is 29.9 Å². The number of anilines is 1. The molecule has 0 fully saturated rings. The largest absolute Gasteiger partial charge is 0.454 e. The van der Waals surface area contributed by atoms with Crippen molar-refractivity contribution in [3.05, 3.63) is 59.6 Å². The van der Waals surface area contributed by atoms with E-state index in [0.29, 0.717) is 49.9 Å². The Bertz CT molecular complexity index is 1240. The Morgan fingerprint density at radius 2 is 2.06 bits per heavy atom. The molecule has 1 aromatic heterocycles. The maximum absolute atomic E-state index is 12.9. The fraction of sp³-hybridized carbons (Fsp3) is 0.182. The molecule has 1 amide bonds. The van der Waals surface area contributed by atoms with E-state index in [9.17, 15) is 4.79 Å². The van der Waals surface area contributed by atoms with Crippen molar-refractivity contribution < 1.29 is 19.0 Å². The molecule has 0 saturated heterocycles. The van der Waals surface area contributed by atoms with Gasteiger partial charge in [-0.15, -0.1) is 16.8 Å². The van der Waals surface area contributed by atoms with Gasteiger partial charge in [-0.2, -0.15) is 4.98 Å². The molecule has 2 aliphatic heterocycles. The first-order valence-electron chi connectivity index (χ1n) is 9.70. The van der Waals surface area contributed by atoms with Crippen LogP contribution < -0.4 is 19.1 Å². The Balaban J connectivity index is 1.71. The van der Waals surface area contributed by atoms with Gasteiger partial charge in [-0.05, 0) is 12.1 Å². The van der Waals surface area contributed by atoms with Crippen LogP contribution in [0, 0.1) is 0 Å². The van der Waals surface area contributed by atoms with Crippen LogP contribution in [0.2, 0.25) is 5.02 Å². The van der Waals surface area contributed by atoms with Gasteiger partial charge in [-0.1, -0.05) is 47.6 Å².